The molecule has 0 saturated heterocycles. The summed E-state index contributed by atoms with van der Waals surface area (Å²) in [7, 11) is 0. The molecule has 7 heteroatoms. The number of ether oxygens (including phenoxy) is 1. The molecule has 1 N–H and O–H groups in total. The lowest BCUT2D eigenvalue weighted by Crippen LogP contribution is -2.37. The number of carbonyl (C=O) groups is 1. The van der Waals surface area contributed by atoms with Gasteiger partial charge in [-0.3, -0.25) is 0 Å². The molecule has 0 unspecified atom stereocenters. The van der Waals surface area contributed by atoms with Gasteiger partial charge in [-0.05, 0) is 52.2 Å². The molecule has 1 amide bonds. The van der Waals surface area contributed by atoms with Crippen LogP contribution in [0, 0.1) is 0 Å². The first-order valence-electron chi connectivity index (χ1n) is 9.04. The van der Waals surface area contributed by atoms with Crippen molar-refractivity contribution in [2.45, 2.75) is 52.2 Å². The molecule has 0 spiro atoms. The molecule has 2 aromatic heterocycles. The molecule has 27 heavy (non-hydrogen) atoms. The molecule has 1 atom stereocenters. The molecular weight excluding hydrogens is 342 g/mol. The van der Waals surface area contributed by atoms with E-state index >= 15 is 0 Å². The third-order valence-electron chi connectivity index (χ3n) is 4.11. The zero-order valence-electron chi connectivity index (χ0n) is 16.1. The van der Waals surface area contributed by atoms with Gasteiger partial charge in [-0.1, -0.05) is 12.1 Å². The number of carbonyl (C=O) groups excluding carboxylic acids is 1. The summed E-state index contributed by atoms with van der Waals surface area (Å²) in [5.41, 5.74) is 2.53. The van der Waals surface area contributed by atoms with E-state index in [-0.39, 0.29) is 12.1 Å². The van der Waals surface area contributed by atoms with Crippen LogP contribution in [0.4, 0.5) is 4.79 Å². The minimum Gasteiger partial charge on any atom is -0.444 e. The third-order valence-corrected chi connectivity index (χ3v) is 4.11. The van der Waals surface area contributed by atoms with Crippen LogP contribution in [0.15, 0.2) is 43.1 Å². The van der Waals surface area contributed by atoms with Gasteiger partial charge in [-0.25, -0.2) is 19.4 Å². The second-order valence-electron chi connectivity index (χ2n) is 7.59. The monoisotopic (exact) mass is 367 g/mol. The Hall–Kier alpha value is -2.96. The quantitative estimate of drug-likeness (QED) is 0.744. The van der Waals surface area contributed by atoms with Gasteiger partial charge in [0.05, 0.1) is 24.1 Å². The first-order chi connectivity index (χ1) is 12.8. The summed E-state index contributed by atoms with van der Waals surface area (Å²) in [6.07, 6.45) is 8.08. The summed E-state index contributed by atoms with van der Waals surface area (Å²) < 4.78 is 7.14. The van der Waals surface area contributed by atoms with E-state index in [1.807, 2.05) is 50.7 Å². The number of amides is 1. The predicted octanol–water partition coefficient (Wildman–Crippen LogP) is 3.66. The Morgan fingerprint density at radius 2 is 1.96 bits per heavy atom. The van der Waals surface area contributed by atoms with Gasteiger partial charge in [-0.2, -0.15) is 5.10 Å². The van der Waals surface area contributed by atoms with Crippen LogP contribution in [-0.4, -0.2) is 37.5 Å². The lowest BCUT2D eigenvalue weighted by molar-refractivity contribution is 0.0506. The van der Waals surface area contributed by atoms with Crippen molar-refractivity contribution in [2.75, 3.05) is 0 Å². The lowest BCUT2D eigenvalue weighted by atomic mass is 10.0. The van der Waals surface area contributed by atoms with Crippen molar-refractivity contribution in [3.8, 4) is 5.69 Å². The molecule has 0 aliphatic carbocycles. The topological polar surface area (TPSA) is 81.9 Å². The number of nitrogens with one attached hydrogen (secondary N) is 1. The van der Waals surface area contributed by atoms with Crippen LogP contribution in [0.25, 0.3) is 16.6 Å². The second kappa shape index (κ2) is 7.73. The van der Waals surface area contributed by atoms with Crippen LogP contribution in [0.1, 0.15) is 39.7 Å². The van der Waals surface area contributed by atoms with Crippen molar-refractivity contribution in [1.82, 2.24) is 25.1 Å². The van der Waals surface area contributed by atoms with Gasteiger partial charge in [0.1, 0.15) is 17.6 Å². The highest BCUT2D eigenvalue weighted by molar-refractivity contribution is 5.83. The Balaban J connectivity index is 1.69. The highest BCUT2D eigenvalue weighted by atomic mass is 16.6. The highest BCUT2D eigenvalue weighted by Gasteiger charge is 2.18. The van der Waals surface area contributed by atoms with Crippen molar-refractivity contribution in [3.63, 3.8) is 0 Å². The second-order valence-corrected chi connectivity index (χ2v) is 7.59. The zero-order chi connectivity index (χ0) is 19.4. The van der Waals surface area contributed by atoms with E-state index in [1.54, 1.807) is 12.4 Å². The van der Waals surface area contributed by atoms with Crippen molar-refractivity contribution in [2.24, 2.45) is 0 Å². The zero-order valence-corrected chi connectivity index (χ0v) is 16.1. The first kappa shape index (κ1) is 18.8. The summed E-state index contributed by atoms with van der Waals surface area (Å²) in [5.74, 6) is 0. The number of benzene rings is 1. The Labute approximate surface area is 158 Å². The maximum atomic E-state index is 11.9. The number of hydrogen-bond donors (Lipinski definition) is 1. The molecule has 0 aliphatic heterocycles. The number of nitrogens with zero attached hydrogens (tertiary/aromatic N) is 4. The van der Waals surface area contributed by atoms with Crippen LogP contribution in [0.3, 0.4) is 0 Å². The van der Waals surface area contributed by atoms with Crippen molar-refractivity contribution >= 4 is 17.0 Å². The van der Waals surface area contributed by atoms with E-state index in [2.05, 4.69) is 26.4 Å². The number of rotatable bonds is 5. The van der Waals surface area contributed by atoms with Gasteiger partial charge < -0.3 is 10.1 Å². The summed E-state index contributed by atoms with van der Waals surface area (Å²) in [5, 5.41) is 8.46. The molecule has 0 aliphatic rings. The summed E-state index contributed by atoms with van der Waals surface area (Å²) in [6.45, 7) is 7.54. The van der Waals surface area contributed by atoms with Crippen LogP contribution in [-0.2, 0) is 11.2 Å². The van der Waals surface area contributed by atoms with Gasteiger partial charge >= 0.3 is 6.09 Å². The average Bonchev–Trinajstić information content (AvgIpc) is 3.03. The predicted molar refractivity (Wildman–Crippen MR) is 104 cm³/mol. The van der Waals surface area contributed by atoms with Gasteiger partial charge in [0.2, 0.25) is 0 Å². The molecule has 142 valence electrons. The van der Waals surface area contributed by atoms with Crippen LogP contribution < -0.4 is 5.32 Å². The van der Waals surface area contributed by atoms with Crippen LogP contribution >= 0.6 is 0 Å². The van der Waals surface area contributed by atoms with Crippen LogP contribution in [0.2, 0.25) is 0 Å². The fraction of sp³-hybridized carbons (Fsp3) is 0.400. The number of fused-ring (bicyclic) bond motifs is 1. The van der Waals surface area contributed by atoms with E-state index in [1.165, 1.54) is 11.9 Å². The van der Waals surface area contributed by atoms with E-state index < -0.39 is 5.60 Å². The Morgan fingerprint density at radius 1 is 1.22 bits per heavy atom. The standard InChI is InChI=1S/C20H25N5O2/c1-14(24-19(26)27-20(2,3)4)8-9-15-6-5-7-18-17(15)12-23-25(18)16-10-21-13-22-11-16/h5-7,10-14H,8-9H2,1-4H3,(H,24,26)/t14-/m0/s1. The molecule has 0 radical (unpaired) electrons. The molecule has 0 fully saturated rings. The summed E-state index contributed by atoms with van der Waals surface area (Å²) in [4.78, 5) is 20.0. The first-order valence-corrected chi connectivity index (χ1v) is 9.04. The number of aryl methyl sites for hydroxylation is 1. The minimum absolute atomic E-state index is 0.00711. The Bertz CT molecular complexity index is 915. The summed E-state index contributed by atoms with van der Waals surface area (Å²) in [6, 6.07) is 6.15. The van der Waals surface area contributed by atoms with Crippen LogP contribution in [0.5, 0.6) is 0 Å². The van der Waals surface area contributed by atoms with Crippen molar-refractivity contribution < 1.29 is 9.53 Å². The highest BCUT2D eigenvalue weighted by Crippen LogP contribution is 2.22. The molecular formula is C20H25N5O2. The molecule has 0 bridgehead atoms. The molecule has 3 aromatic rings. The Kier molecular flexibility index (Phi) is 5.39. The van der Waals surface area contributed by atoms with E-state index in [0.717, 1.165) is 29.4 Å². The maximum absolute atomic E-state index is 11.9. The summed E-state index contributed by atoms with van der Waals surface area (Å²) >= 11 is 0. The SMILES string of the molecule is C[C@@H](CCc1cccc2c1cnn2-c1cncnc1)NC(=O)OC(C)(C)C. The number of aromatic nitrogens is 4. The molecule has 2 heterocycles. The number of hydrogen-bond acceptors (Lipinski definition) is 5. The fourth-order valence-corrected chi connectivity index (χ4v) is 2.89. The van der Waals surface area contributed by atoms with E-state index in [4.69, 9.17) is 4.74 Å². The van der Waals surface area contributed by atoms with E-state index in [9.17, 15) is 4.79 Å². The van der Waals surface area contributed by atoms with Gasteiger partial charge in [-0.15, -0.1) is 0 Å². The van der Waals surface area contributed by atoms with Crippen molar-refractivity contribution in [1.29, 1.82) is 0 Å². The largest absolute Gasteiger partial charge is 0.444 e. The molecule has 3 rings (SSSR count). The minimum atomic E-state index is -0.495. The fourth-order valence-electron chi connectivity index (χ4n) is 2.89. The molecule has 7 nitrogen and oxygen atoms in total. The van der Waals surface area contributed by atoms with Gasteiger partial charge in [0.15, 0.2) is 0 Å². The van der Waals surface area contributed by atoms with Gasteiger partial charge in [0, 0.05) is 11.4 Å². The third kappa shape index (κ3) is 4.81. The maximum Gasteiger partial charge on any atom is 0.407 e. The van der Waals surface area contributed by atoms with E-state index in [0.29, 0.717) is 0 Å². The van der Waals surface area contributed by atoms with Crippen molar-refractivity contribution in [3.05, 3.63) is 48.7 Å². The number of alkyl carbamates (subject to hydrolysis) is 1. The normalized spacial score (nSPS) is 12.7. The molecule has 0 saturated carbocycles. The average molecular weight is 367 g/mol. The lowest BCUT2D eigenvalue weighted by Gasteiger charge is -2.22. The molecule has 1 aromatic carbocycles. The van der Waals surface area contributed by atoms with Gasteiger partial charge in [0.25, 0.3) is 0 Å². The Morgan fingerprint density at radius 3 is 2.67 bits per heavy atom. The smallest absolute Gasteiger partial charge is 0.407 e.